The fraction of sp³-hybridized carbons (Fsp3) is 0.130. The number of aryl methyl sites for hydroxylation is 1. The first-order valence-electron chi connectivity index (χ1n) is 9.52. The topological polar surface area (TPSA) is 89.2 Å². The van der Waals surface area contributed by atoms with Crippen LogP contribution in [0.3, 0.4) is 0 Å². The summed E-state index contributed by atoms with van der Waals surface area (Å²) in [5, 5.41) is 3.02. The number of benzene rings is 2. The normalized spacial score (nSPS) is 11.7. The zero-order chi connectivity index (χ0) is 21.1. The van der Waals surface area contributed by atoms with E-state index in [1.807, 2.05) is 48.0 Å². The minimum atomic E-state index is -0.535. The Kier molecular flexibility index (Phi) is 5.26. The van der Waals surface area contributed by atoms with Crippen LogP contribution in [-0.4, -0.2) is 20.3 Å². The minimum Gasteiger partial charge on any atom is -0.328 e. The summed E-state index contributed by atoms with van der Waals surface area (Å²) < 4.78 is 2.86. The molecule has 0 saturated heterocycles. The van der Waals surface area contributed by atoms with E-state index in [-0.39, 0.29) is 11.9 Å². The first-order valence-corrected chi connectivity index (χ1v) is 9.52. The number of nitrogens with zero attached hydrogens (tertiary/aromatic N) is 3. The third-order valence-electron chi connectivity index (χ3n) is 4.81. The summed E-state index contributed by atoms with van der Waals surface area (Å²) in [6, 6.07) is 20.0. The van der Waals surface area contributed by atoms with Gasteiger partial charge in [0.2, 0.25) is 0 Å². The van der Waals surface area contributed by atoms with E-state index < -0.39 is 17.0 Å². The fourth-order valence-corrected chi connectivity index (χ4v) is 3.25. The molecular weight excluding hydrogens is 380 g/mol. The summed E-state index contributed by atoms with van der Waals surface area (Å²) in [4.78, 5) is 41.5. The maximum absolute atomic E-state index is 12.6. The maximum atomic E-state index is 12.6. The van der Waals surface area contributed by atoms with Gasteiger partial charge in [0.05, 0.1) is 10.8 Å². The van der Waals surface area contributed by atoms with Crippen LogP contribution in [0.15, 0.2) is 87.5 Å². The highest BCUT2D eigenvalue weighted by Crippen LogP contribution is 2.04. The first kappa shape index (κ1) is 19.3. The van der Waals surface area contributed by atoms with Crippen molar-refractivity contribution in [1.29, 1.82) is 0 Å². The van der Waals surface area contributed by atoms with Gasteiger partial charge in [-0.15, -0.1) is 0 Å². The van der Waals surface area contributed by atoms with Crippen LogP contribution in [0.1, 0.15) is 11.1 Å². The number of nitrogens with one attached hydrogen (secondary N) is 1. The molecule has 150 valence electrons. The number of hydrogen-bond acceptors (Lipinski definition) is 3. The van der Waals surface area contributed by atoms with Crippen LogP contribution in [0.5, 0.6) is 0 Å². The molecule has 2 aromatic heterocycles. The predicted molar refractivity (Wildman–Crippen MR) is 114 cm³/mol. The number of aromatic nitrogens is 3. The van der Waals surface area contributed by atoms with Gasteiger partial charge in [-0.3, -0.25) is 19.5 Å². The second-order valence-corrected chi connectivity index (χ2v) is 7.06. The number of carbonyl (C=O) groups is 1. The standard InChI is InChI=1S/C23H20N4O3/c1-16-9-11-17(12-10-16)14-26-13-5-4-8-20(26)24-21(28)15-27-23(30)19-7-3-2-6-18(19)22(29)25-27/h2-13H,14-15H2,1H3,(H,25,29). The summed E-state index contributed by atoms with van der Waals surface area (Å²) >= 11 is 0. The summed E-state index contributed by atoms with van der Waals surface area (Å²) in [7, 11) is 0. The van der Waals surface area contributed by atoms with Crippen molar-refractivity contribution in [2.24, 2.45) is 4.99 Å². The second-order valence-electron chi connectivity index (χ2n) is 7.06. The number of hydrogen-bond donors (Lipinski definition) is 1. The van der Waals surface area contributed by atoms with Crippen molar-refractivity contribution in [3.63, 3.8) is 0 Å². The fourth-order valence-electron chi connectivity index (χ4n) is 3.25. The van der Waals surface area contributed by atoms with E-state index in [1.165, 1.54) is 5.56 Å². The van der Waals surface area contributed by atoms with Crippen molar-refractivity contribution in [2.45, 2.75) is 20.0 Å². The lowest BCUT2D eigenvalue weighted by Crippen LogP contribution is -2.32. The number of H-pyrrole nitrogens is 1. The van der Waals surface area contributed by atoms with Gasteiger partial charge in [0.1, 0.15) is 12.0 Å². The molecule has 4 rings (SSSR count). The molecule has 0 fully saturated rings. The molecule has 4 aromatic rings. The van der Waals surface area contributed by atoms with E-state index in [4.69, 9.17) is 0 Å². The van der Waals surface area contributed by atoms with Crippen molar-refractivity contribution in [3.8, 4) is 0 Å². The van der Waals surface area contributed by atoms with Gasteiger partial charge in [-0.1, -0.05) is 48.0 Å². The van der Waals surface area contributed by atoms with Crippen molar-refractivity contribution < 1.29 is 4.79 Å². The van der Waals surface area contributed by atoms with Crippen LogP contribution >= 0.6 is 0 Å². The lowest BCUT2D eigenvalue weighted by Gasteiger charge is -2.08. The molecule has 30 heavy (non-hydrogen) atoms. The molecule has 0 aliphatic heterocycles. The lowest BCUT2D eigenvalue weighted by atomic mass is 10.1. The zero-order valence-corrected chi connectivity index (χ0v) is 16.4. The summed E-state index contributed by atoms with van der Waals surface area (Å²) in [5.74, 6) is -0.535. The lowest BCUT2D eigenvalue weighted by molar-refractivity contribution is -0.118. The van der Waals surface area contributed by atoms with Gasteiger partial charge >= 0.3 is 0 Å². The van der Waals surface area contributed by atoms with Crippen LogP contribution in [0.2, 0.25) is 0 Å². The van der Waals surface area contributed by atoms with Crippen LogP contribution in [-0.2, 0) is 17.9 Å². The van der Waals surface area contributed by atoms with Crippen LogP contribution < -0.4 is 16.6 Å². The third kappa shape index (κ3) is 4.05. The van der Waals surface area contributed by atoms with E-state index in [9.17, 15) is 14.4 Å². The molecule has 1 amide bonds. The number of amides is 1. The molecule has 7 nitrogen and oxygen atoms in total. The largest absolute Gasteiger partial charge is 0.328 e. The molecule has 0 spiro atoms. The van der Waals surface area contributed by atoms with Gasteiger partial charge in [-0.25, -0.2) is 4.68 Å². The van der Waals surface area contributed by atoms with E-state index in [1.54, 1.807) is 36.4 Å². The number of rotatable bonds is 4. The molecule has 0 saturated carbocycles. The average molecular weight is 400 g/mol. The highest BCUT2D eigenvalue weighted by atomic mass is 16.2. The van der Waals surface area contributed by atoms with Crippen LogP contribution in [0.4, 0.5) is 0 Å². The Balaban J connectivity index is 1.65. The van der Waals surface area contributed by atoms with Crippen LogP contribution in [0, 0.1) is 6.92 Å². The number of aromatic amines is 1. The third-order valence-corrected chi connectivity index (χ3v) is 4.81. The van der Waals surface area contributed by atoms with Crippen molar-refractivity contribution >= 4 is 16.7 Å². The Morgan fingerprint density at radius 2 is 1.63 bits per heavy atom. The van der Waals surface area contributed by atoms with Gasteiger partial charge < -0.3 is 4.57 Å². The highest BCUT2D eigenvalue weighted by molar-refractivity contribution is 5.81. The van der Waals surface area contributed by atoms with E-state index in [0.717, 1.165) is 10.2 Å². The van der Waals surface area contributed by atoms with Crippen molar-refractivity contribution in [1.82, 2.24) is 14.3 Å². The van der Waals surface area contributed by atoms with Crippen molar-refractivity contribution in [3.05, 3.63) is 110 Å². The van der Waals surface area contributed by atoms with Gasteiger partial charge in [0, 0.05) is 12.7 Å². The van der Waals surface area contributed by atoms with Gasteiger partial charge in [-0.05, 0) is 36.8 Å². The molecule has 0 unspecified atom stereocenters. The molecule has 0 aliphatic rings. The SMILES string of the molecule is Cc1ccc(Cn2ccccc2=NC(=O)Cn2[nH]c(=O)c3ccccc3c2=O)cc1. The zero-order valence-electron chi connectivity index (χ0n) is 16.4. The quantitative estimate of drug-likeness (QED) is 0.568. The first-order chi connectivity index (χ1) is 14.5. The van der Waals surface area contributed by atoms with Gasteiger partial charge in [0.25, 0.3) is 17.0 Å². The van der Waals surface area contributed by atoms with Gasteiger partial charge in [-0.2, -0.15) is 4.99 Å². The van der Waals surface area contributed by atoms with E-state index >= 15 is 0 Å². The molecule has 1 N–H and O–H groups in total. The smallest absolute Gasteiger partial charge is 0.273 e. The number of fused-ring (bicyclic) bond motifs is 1. The number of carbonyl (C=O) groups excluding carboxylic acids is 1. The van der Waals surface area contributed by atoms with E-state index in [2.05, 4.69) is 10.1 Å². The monoisotopic (exact) mass is 400 g/mol. The Morgan fingerprint density at radius 1 is 0.933 bits per heavy atom. The molecule has 0 atom stereocenters. The van der Waals surface area contributed by atoms with E-state index in [0.29, 0.717) is 17.4 Å². The van der Waals surface area contributed by atoms with Crippen molar-refractivity contribution in [2.75, 3.05) is 0 Å². The maximum Gasteiger partial charge on any atom is 0.273 e. The minimum absolute atomic E-state index is 0.267. The molecule has 7 heteroatoms. The predicted octanol–water partition coefficient (Wildman–Crippen LogP) is 1.98. The second kappa shape index (κ2) is 8.16. The molecule has 2 heterocycles. The van der Waals surface area contributed by atoms with Crippen LogP contribution in [0.25, 0.3) is 10.8 Å². The Morgan fingerprint density at radius 3 is 2.40 bits per heavy atom. The Labute approximate surface area is 171 Å². The molecule has 0 radical (unpaired) electrons. The average Bonchev–Trinajstić information content (AvgIpc) is 2.75. The van der Waals surface area contributed by atoms with Gasteiger partial charge in [0.15, 0.2) is 0 Å². The summed E-state index contributed by atoms with van der Waals surface area (Å²) in [6.45, 7) is 2.23. The molecule has 2 aromatic carbocycles. The molecular formula is C23H20N4O3. The molecule has 0 aliphatic carbocycles. The summed E-state index contributed by atoms with van der Waals surface area (Å²) in [6.07, 6.45) is 1.84. The molecule has 0 bridgehead atoms. The highest BCUT2D eigenvalue weighted by Gasteiger charge is 2.09. The Bertz CT molecular complexity index is 1410. The Hall–Kier alpha value is -4.00. The summed E-state index contributed by atoms with van der Waals surface area (Å²) in [5.41, 5.74) is 1.86. The number of pyridine rings is 1.